The van der Waals surface area contributed by atoms with E-state index in [9.17, 15) is 18.3 Å². The number of halogens is 3. The van der Waals surface area contributed by atoms with Gasteiger partial charge in [-0.1, -0.05) is 0 Å². The lowest BCUT2D eigenvalue weighted by atomic mass is 10.1. The summed E-state index contributed by atoms with van der Waals surface area (Å²) in [7, 11) is 1.62. The van der Waals surface area contributed by atoms with Crippen molar-refractivity contribution in [2.75, 3.05) is 18.5 Å². The van der Waals surface area contributed by atoms with Crippen molar-refractivity contribution >= 4 is 5.82 Å². The van der Waals surface area contributed by atoms with E-state index < -0.39 is 17.5 Å². The number of likely N-dealkylation sites (N-methyl/N-ethyl adjacent to an activating group) is 1. The molecule has 0 saturated carbocycles. The summed E-state index contributed by atoms with van der Waals surface area (Å²) in [5.41, 5.74) is -1.99. The summed E-state index contributed by atoms with van der Waals surface area (Å²) in [5, 5.41) is 16.1. The third-order valence-corrected chi connectivity index (χ3v) is 1.96. The summed E-state index contributed by atoms with van der Waals surface area (Å²) in [4.78, 5) is 1.53. The lowest BCUT2D eigenvalue weighted by Gasteiger charge is -2.26. The molecule has 1 aromatic heterocycles. The fraction of sp³-hybridized carbons (Fsp3) is 0.600. The van der Waals surface area contributed by atoms with Crippen molar-refractivity contribution < 1.29 is 18.3 Å². The molecule has 0 aliphatic rings. The Morgan fingerprint density at radius 1 is 1.24 bits per heavy atom. The van der Waals surface area contributed by atoms with E-state index in [0.717, 1.165) is 6.07 Å². The van der Waals surface area contributed by atoms with Crippen molar-refractivity contribution in [1.29, 1.82) is 0 Å². The smallest absolute Gasteiger partial charge is 0.389 e. The fourth-order valence-electron chi connectivity index (χ4n) is 1.34. The van der Waals surface area contributed by atoms with E-state index in [1.165, 1.54) is 11.0 Å². The van der Waals surface area contributed by atoms with Gasteiger partial charge in [0.25, 0.3) is 0 Å². The number of rotatable bonds is 3. The molecule has 0 aliphatic heterocycles. The van der Waals surface area contributed by atoms with Gasteiger partial charge in [-0.2, -0.15) is 13.2 Å². The summed E-state index contributed by atoms with van der Waals surface area (Å²) >= 11 is 0. The third-order valence-electron chi connectivity index (χ3n) is 1.96. The number of aliphatic hydroxyl groups is 1. The molecular formula is C10H14F3N3O. The number of alkyl halides is 3. The lowest BCUT2D eigenvalue weighted by molar-refractivity contribution is -0.141. The first kappa shape index (κ1) is 13.7. The summed E-state index contributed by atoms with van der Waals surface area (Å²) in [5.74, 6) is 0.278. The molecule has 0 radical (unpaired) electrons. The minimum Gasteiger partial charge on any atom is -0.389 e. The van der Waals surface area contributed by atoms with Crippen LogP contribution in [0.5, 0.6) is 0 Å². The molecule has 4 nitrogen and oxygen atoms in total. The summed E-state index contributed by atoms with van der Waals surface area (Å²) < 4.78 is 36.7. The summed E-state index contributed by atoms with van der Waals surface area (Å²) in [6.07, 6.45) is -4.49. The highest BCUT2D eigenvalue weighted by atomic mass is 19.4. The van der Waals surface area contributed by atoms with Gasteiger partial charge in [-0.05, 0) is 26.0 Å². The highest BCUT2D eigenvalue weighted by Gasteiger charge is 2.33. The average Bonchev–Trinajstić information content (AvgIpc) is 2.14. The van der Waals surface area contributed by atoms with Gasteiger partial charge in [-0.25, -0.2) is 0 Å². The fourth-order valence-corrected chi connectivity index (χ4v) is 1.34. The van der Waals surface area contributed by atoms with Gasteiger partial charge in [-0.3, -0.25) is 0 Å². The zero-order valence-corrected chi connectivity index (χ0v) is 9.78. The molecule has 1 aromatic rings. The van der Waals surface area contributed by atoms with Crippen LogP contribution < -0.4 is 4.90 Å². The molecule has 1 rings (SSSR count). The van der Waals surface area contributed by atoms with Gasteiger partial charge >= 0.3 is 6.18 Å². The topological polar surface area (TPSA) is 49.2 Å². The first-order valence-corrected chi connectivity index (χ1v) is 4.94. The van der Waals surface area contributed by atoms with Crippen LogP contribution in [0.25, 0.3) is 0 Å². The van der Waals surface area contributed by atoms with Crippen molar-refractivity contribution in [2.45, 2.75) is 25.6 Å². The van der Waals surface area contributed by atoms with E-state index in [0.29, 0.717) is 0 Å². The minimum atomic E-state index is -4.49. The lowest BCUT2D eigenvalue weighted by Crippen LogP contribution is -2.36. The average molecular weight is 249 g/mol. The van der Waals surface area contributed by atoms with Crippen molar-refractivity contribution in [3.05, 3.63) is 17.8 Å². The van der Waals surface area contributed by atoms with Crippen LogP contribution in [-0.2, 0) is 6.18 Å². The van der Waals surface area contributed by atoms with Gasteiger partial charge in [0.2, 0.25) is 0 Å². The highest BCUT2D eigenvalue weighted by Crippen LogP contribution is 2.27. The highest BCUT2D eigenvalue weighted by molar-refractivity contribution is 5.36. The van der Waals surface area contributed by atoms with Gasteiger partial charge in [0.1, 0.15) is 0 Å². The normalized spacial score (nSPS) is 12.6. The van der Waals surface area contributed by atoms with Gasteiger partial charge in [0, 0.05) is 13.6 Å². The van der Waals surface area contributed by atoms with E-state index in [2.05, 4.69) is 10.2 Å². The van der Waals surface area contributed by atoms with Crippen LogP contribution >= 0.6 is 0 Å². The molecule has 0 aliphatic carbocycles. The van der Waals surface area contributed by atoms with Crippen LogP contribution in [0.2, 0.25) is 0 Å². The molecule has 7 heteroatoms. The van der Waals surface area contributed by atoms with Gasteiger partial charge in [-0.15, -0.1) is 10.2 Å². The maximum Gasteiger partial charge on any atom is 0.435 e. The van der Waals surface area contributed by atoms with E-state index in [1.807, 2.05) is 0 Å². The Hall–Kier alpha value is -1.37. The molecular weight excluding hydrogens is 235 g/mol. The molecule has 0 atom stereocenters. The monoisotopic (exact) mass is 249 g/mol. The molecule has 96 valence electrons. The van der Waals surface area contributed by atoms with Gasteiger partial charge in [0.15, 0.2) is 11.5 Å². The third kappa shape index (κ3) is 4.18. The van der Waals surface area contributed by atoms with Crippen LogP contribution in [0.3, 0.4) is 0 Å². The number of hydrogen-bond acceptors (Lipinski definition) is 4. The zero-order chi connectivity index (χ0) is 13.3. The SMILES string of the molecule is CN(CC(C)(C)O)c1ccc(C(F)(F)F)nn1. The molecule has 0 bridgehead atoms. The standard InChI is InChI=1S/C10H14F3N3O/c1-9(2,17)6-16(3)8-5-4-7(14-15-8)10(11,12)13/h4-5,17H,6H2,1-3H3. The Morgan fingerprint density at radius 2 is 1.82 bits per heavy atom. The number of hydrogen-bond donors (Lipinski definition) is 1. The van der Waals surface area contributed by atoms with Crippen LogP contribution in [0.4, 0.5) is 19.0 Å². The molecule has 0 spiro atoms. The van der Waals surface area contributed by atoms with Crippen LogP contribution in [-0.4, -0.2) is 34.5 Å². The van der Waals surface area contributed by atoms with E-state index in [-0.39, 0.29) is 12.4 Å². The van der Waals surface area contributed by atoms with Crippen molar-refractivity contribution in [3.8, 4) is 0 Å². The molecule has 17 heavy (non-hydrogen) atoms. The second-order valence-corrected chi connectivity index (χ2v) is 4.44. The predicted octanol–water partition coefficient (Wildman–Crippen LogP) is 1.70. The van der Waals surface area contributed by atoms with Crippen LogP contribution in [0, 0.1) is 0 Å². The first-order chi connectivity index (χ1) is 7.59. The van der Waals surface area contributed by atoms with Crippen LogP contribution in [0.1, 0.15) is 19.5 Å². The summed E-state index contributed by atoms with van der Waals surface area (Å²) in [6.45, 7) is 3.44. The van der Waals surface area contributed by atoms with Crippen molar-refractivity contribution in [1.82, 2.24) is 10.2 Å². The second-order valence-electron chi connectivity index (χ2n) is 4.44. The number of nitrogens with zero attached hydrogens (tertiary/aromatic N) is 3. The molecule has 0 saturated heterocycles. The minimum absolute atomic E-state index is 0.243. The maximum atomic E-state index is 12.2. The molecule has 0 unspecified atom stereocenters. The molecule has 0 aromatic carbocycles. The number of aromatic nitrogens is 2. The Balaban J connectivity index is 2.81. The molecule has 1 heterocycles. The Morgan fingerprint density at radius 3 is 2.18 bits per heavy atom. The molecule has 0 amide bonds. The predicted molar refractivity (Wildman–Crippen MR) is 56.6 cm³/mol. The zero-order valence-electron chi connectivity index (χ0n) is 9.78. The van der Waals surface area contributed by atoms with Crippen LogP contribution in [0.15, 0.2) is 12.1 Å². The Kier molecular flexibility index (Phi) is 3.61. The van der Waals surface area contributed by atoms with Crippen molar-refractivity contribution in [2.24, 2.45) is 0 Å². The quantitative estimate of drug-likeness (QED) is 0.885. The van der Waals surface area contributed by atoms with E-state index in [1.54, 1.807) is 20.9 Å². The van der Waals surface area contributed by atoms with Crippen molar-refractivity contribution in [3.63, 3.8) is 0 Å². The maximum absolute atomic E-state index is 12.2. The van der Waals surface area contributed by atoms with E-state index in [4.69, 9.17) is 0 Å². The van der Waals surface area contributed by atoms with Gasteiger partial charge in [0.05, 0.1) is 5.60 Å². The van der Waals surface area contributed by atoms with E-state index >= 15 is 0 Å². The number of anilines is 1. The first-order valence-electron chi connectivity index (χ1n) is 4.94. The summed E-state index contributed by atoms with van der Waals surface area (Å²) in [6, 6.07) is 2.09. The second kappa shape index (κ2) is 4.48. The largest absolute Gasteiger partial charge is 0.435 e. The van der Waals surface area contributed by atoms with Gasteiger partial charge < -0.3 is 10.0 Å². The molecule has 0 fully saturated rings. The molecule has 1 N–H and O–H groups in total. The Bertz CT molecular complexity index is 370. The Labute approximate surface area is 97.1 Å².